The Hall–Kier alpha value is -0.930. The van der Waals surface area contributed by atoms with Gasteiger partial charge in [-0.1, -0.05) is 24.6 Å². The Bertz CT molecular complexity index is 381. The number of nitrogens with zero attached hydrogens (tertiary/aromatic N) is 1. The number of hydrogen-bond donors (Lipinski definition) is 1. The lowest BCUT2D eigenvalue weighted by Crippen LogP contribution is -2.46. The first-order chi connectivity index (χ1) is 8.68. The van der Waals surface area contributed by atoms with E-state index in [9.17, 15) is 9.50 Å². The number of rotatable bonds is 4. The van der Waals surface area contributed by atoms with E-state index in [0.29, 0.717) is 6.42 Å². The fourth-order valence-corrected chi connectivity index (χ4v) is 2.70. The van der Waals surface area contributed by atoms with Crippen molar-refractivity contribution in [2.75, 3.05) is 13.1 Å². The monoisotopic (exact) mass is 250 g/mol. The van der Waals surface area contributed by atoms with Crippen LogP contribution in [0.1, 0.15) is 24.8 Å². The molecule has 18 heavy (non-hydrogen) atoms. The second kappa shape index (κ2) is 6.30. The minimum atomic E-state index is -0.550. The molecule has 3 heteroatoms. The topological polar surface area (TPSA) is 23.5 Å². The van der Waals surface area contributed by atoms with Crippen molar-refractivity contribution in [2.45, 2.75) is 37.8 Å². The Kier molecular flexibility index (Phi) is 4.72. The third-order valence-corrected chi connectivity index (χ3v) is 3.73. The van der Waals surface area contributed by atoms with Crippen LogP contribution in [-0.4, -0.2) is 35.2 Å². The summed E-state index contributed by atoms with van der Waals surface area (Å²) < 4.78 is 13.5. The van der Waals surface area contributed by atoms with Gasteiger partial charge in [0.1, 0.15) is 5.82 Å². The van der Waals surface area contributed by atoms with Crippen LogP contribution in [0.4, 0.5) is 4.39 Å². The molecule has 2 atom stereocenters. The van der Waals surface area contributed by atoms with Crippen LogP contribution < -0.4 is 0 Å². The number of hydrogen-bond acceptors (Lipinski definition) is 2. The molecule has 99 valence electrons. The predicted molar refractivity (Wildman–Crippen MR) is 70.7 cm³/mol. The summed E-state index contributed by atoms with van der Waals surface area (Å²) in [5.41, 5.74) is 0.750. The number of aliphatic hydroxyl groups excluding tert-OH is 1. The Morgan fingerprint density at radius 1 is 1.39 bits per heavy atom. The third kappa shape index (κ3) is 3.30. The average Bonchev–Trinajstić information content (AvgIpc) is 2.38. The van der Waals surface area contributed by atoms with Crippen LogP contribution >= 0.6 is 0 Å². The molecule has 0 aromatic heterocycles. The quantitative estimate of drug-likeness (QED) is 0.887. The highest BCUT2D eigenvalue weighted by molar-refractivity contribution is 5.17. The van der Waals surface area contributed by atoms with Gasteiger partial charge >= 0.3 is 0 Å². The first kappa shape index (κ1) is 13.5. The van der Waals surface area contributed by atoms with E-state index in [0.717, 1.165) is 37.9 Å². The van der Waals surface area contributed by atoms with Gasteiger partial charge in [-0.25, -0.2) is 4.39 Å². The fourth-order valence-electron chi connectivity index (χ4n) is 2.70. The van der Waals surface area contributed by atoms with Crippen LogP contribution in [0.2, 0.25) is 0 Å². The number of aliphatic hydroxyl groups is 1. The zero-order chi connectivity index (χ0) is 13.0. The minimum Gasteiger partial charge on any atom is -0.391 e. The smallest absolute Gasteiger partial charge is 0.126 e. The van der Waals surface area contributed by atoms with Crippen molar-refractivity contribution in [2.24, 2.45) is 0 Å². The molecule has 1 aromatic rings. The molecular formula is C15H21FNO. The van der Waals surface area contributed by atoms with E-state index >= 15 is 0 Å². The number of likely N-dealkylation sites (tertiary alicyclic amines) is 1. The van der Waals surface area contributed by atoms with E-state index in [1.165, 1.54) is 6.07 Å². The van der Waals surface area contributed by atoms with Crippen LogP contribution in [0.3, 0.4) is 0 Å². The maximum Gasteiger partial charge on any atom is 0.126 e. The molecule has 1 heterocycles. The second-order valence-electron chi connectivity index (χ2n) is 5.01. The Labute approximate surface area is 108 Å². The average molecular weight is 250 g/mol. The van der Waals surface area contributed by atoms with Gasteiger partial charge in [-0.3, -0.25) is 4.90 Å². The lowest BCUT2D eigenvalue weighted by Gasteiger charge is -2.37. The number of piperidine rings is 1. The van der Waals surface area contributed by atoms with E-state index in [2.05, 4.69) is 11.8 Å². The number of halogens is 1. The first-order valence-electron chi connectivity index (χ1n) is 6.67. The molecule has 1 radical (unpaired) electrons. The molecule has 2 unspecified atom stereocenters. The molecule has 0 aliphatic carbocycles. The summed E-state index contributed by atoms with van der Waals surface area (Å²) in [5, 5.41) is 9.67. The van der Waals surface area contributed by atoms with Crippen LogP contribution in [0.25, 0.3) is 0 Å². The van der Waals surface area contributed by atoms with Crippen LogP contribution in [-0.2, 0) is 6.42 Å². The van der Waals surface area contributed by atoms with Gasteiger partial charge in [-0.05, 0) is 44.4 Å². The van der Waals surface area contributed by atoms with Gasteiger partial charge in [-0.15, -0.1) is 0 Å². The lowest BCUT2D eigenvalue weighted by molar-refractivity contribution is 0.0509. The zero-order valence-corrected chi connectivity index (χ0v) is 10.7. The van der Waals surface area contributed by atoms with Crippen molar-refractivity contribution in [3.05, 3.63) is 42.6 Å². The van der Waals surface area contributed by atoms with E-state index in [1.54, 1.807) is 6.07 Å². The highest BCUT2D eigenvalue weighted by atomic mass is 19.1. The van der Waals surface area contributed by atoms with Crippen LogP contribution in [0.5, 0.6) is 0 Å². The zero-order valence-electron chi connectivity index (χ0n) is 10.7. The standard InChI is InChI=1S/C15H21FNO/c1-12(18)15-8-4-5-10-17(15)11-9-13-6-2-3-7-14(13)16/h2-3,6-7,12,15,18H,1,4-5,8-11H2. The summed E-state index contributed by atoms with van der Waals surface area (Å²) in [6.07, 6.45) is 3.43. The molecular weight excluding hydrogens is 229 g/mol. The molecule has 1 fully saturated rings. The third-order valence-electron chi connectivity index (χ3n) is 3.73. The van der Waals surface area contributed by atoms with Crippen molar-refractivity contribution in [1.82, 2.24) is 4.90 Å². The highest BCUT2D eigenvalue weighted by Gasteiger charge is 2.25. The molecule has 0 spiro atoms. The van der Waals surface area contributed by atoms with Gasteiger partial charge in [0.2, 0.25) is 0 Å². The summed E-state index contributed by atoms with van der Waals surface area (Å²) in [6, 6.07) is 7.03. The summed E-state index contributed by atoms with van der Waals surface area (Å²) in [7, 11) is 0. The minimum absolute atomic E-state index is 0.130. The molecule has 2 nitrogen and oxygen atoms in total. The van der Waals surface area contributed by atoms with Gasteiger partial charge < -0.3 is 5.11 Å². The van der Waals surface area contributed by atoms with E-state index < -0.39 is 6.10 Å². The summed E-state index contributed by atoms with van der Waals surface area (Å²) >= 11 is 0. The van der Waals surface area contributed by atoms with Crippen molar-refractivity contribution in [3.8, 4) is 0 Å². The van der Waals surface area contributed by atoms with Gasteiger partial charge in [0.25, 0.3) is 0 Å². The Balaban J connectivity index is 1.94. The fraction of sp³-hybridized carbons (Fsp3) is 0.533. The van der Waals surface area contributed by atoms with Crippen LogP contribution in [0, 0.1) is 12.7 Å². The molecule has 0 saturated carbocycles. The summed E-state index contributed by atoms with van der Waals surface area (Å²) in [5.74, 6) is -0.138. The Morgan fingerprint density at radius 2 is 2.17 bits per heavy atom. The maximum absolute atomic E-state index is 13.5. The van der Waals surface area contributed by atoms with E-state index in [-0.39, 0.29) is 11.9 Å². The molecule has 1 N–H and O–H groups in total. The molecule has 1 aromatic carbocycles. The molecule has 1 aliphatic heterocycles. The Morgan fingerprint density at radius 3 is 2.89 bits per heavy atom. The summed E-state index contributed by atoms with van der Waals surface area (Å²) in [4.78, 5) is 2.24. The lowest BCUT2D eigenvalue weighted by atomic mass is 9.97. The van der Waals surface area contributed by atoms with Crippen molar-refractivity contribution >= 4 is 0 Å². The van der Waals surface area contributed by atoms with Gasteiger partial charge in [-0.2, -0.15) is 0 Å². The molecule has 1 saturated heterocycles. The van der Waals surface area contributed by atoms with Gasteiger partial charge in [0.05, 0.1) is 6.10 Å². The predicted octanol–water partition coefficient (Wildman–Crippen LogP) is 2.42. The van der Waals surface area contributed by atoms with Crippen molar-refractivity contribution < 1.29 is 9.50 Å². The second-order valence-corrected chi connectivity index (χ2v) is 5.01. The first-order valence-corrected chi connectivity index (χ1v) is 6.67. The normalized spacial score (nSPS) is 22.9. The van der Waals surface area contributed by atoms with Crippen molar-refractivity contribution in [3.63, 3.8) is 0 Å². The largest absolute Gasteiger partial charge is 0.391 e. The van der Waals surface area contributed by atoms with E-state index in [4.69, 9.17) is 0 Å². The molecule has 1 aliphatic rings. The number of benzene rings is 1. The molecule has 0 bridgehead atoms. The summed E-state index contributed by atoms with van der Waals surface area (Å²) in [6.45, 7) is 5.49. The maximum atomic E-state index is 13.5. The van der Waals surface area contributed by atoms with Crippen LogP contribution in [0.15, 0.2) is 24.3 Å². The van der Waals surface area contributed by atoms with E-state index in [1.807, 2.05) is 12.1 Å². The highest BCUT2D eigenvalue weighted by Crippen LogP contribution is 2.20. The molecule has 0 amide bonds. The van der Waals surface area contributed by atoms with Gasteiger partial charge in [0.15, 0.2) is 0 Å². The SMILES string of the molecule is [CH2]C(O)C1CCCCN1CCc1ccccc1F. The van der Waals surface area contributed by atoms with Gasteiger partial charge in [0, 0.05) is 12.6 Å². The molecule has 2 rings (SSSR count). The van der Waals surface area contributed by atoms with Crippen molar-refractivity contribution in [1.29, 1.82) is 0 Å².